The van der Waals surface area contributed by atoms with Gasteiger partial charge in [0.15, 0.2) is 0 Å². The van der Waals surface area contributed by atoms with Crippen LogP contribution in [0.5, 0.6) is 0 Å². The van der Waals surface area contributed by atoms with Crippen molar-refractivity contribution in [2.45, 2.75) is 12.8 Å². The summed E-state index contributed by atoms with van der Waals surface area (Å²) in [5.41, 5.74) is 0. The first-order valence-corrected chi connectivity index (χ1v) is 4.44. The predicted octanol–water partition coefficient (Wildman–Crippen LogP) is 0.307. The highest BCUT2D eigenvalue weighted by molar-refractivity contribution is 4.84. The van der Waals surface area contributed by atoms with Gasteiger partial charge in [-0.2, -0.15) is 0 Å². The third-order valence-electron chi connectivity index (χ3n) is 1.82. The Balaban J connectivity index is 2.10. The van der Waals surface area contributed by atoms with E-state index >= 15 is 0 Å². The molecule has 0 radical (unpaired) electrons. The zero-order valence-electron chi connectivity index (χ0n) is 7.83. The average molecular weight is 186 g/mol. The van der Waals surface area contributed by atoms with Gasteiger partial charge in [0.25, 0.3) is 0 Å². The molecule has 0 amide bonds. The Morgan fingerprint density at radius 3 is 3.00 bits per heavy atom. The molecule has 4 nitrogen and oxygen atoms in total. The molecule has 0 saturated carbocycles. The first-order chi connectivity index (χ1) is 6.34. The van der Waals surface area contributed by atoms with Crippen LogP contribution in [-0.2, 0) is 13.5 Å². The lowest BCUT2D eigenvalue weighted by Gasteiger charge is -2.02. The molecular weight excluding hydrogens is 171 g/mol. The number of nitrogens with one attached hydrogen (secondary N) is 1. The van der Waals surface area contributed by atoms with Crippen molar-refractivity contribution < 1.29 is 4.39 Å². The third-order valence-corrected chi connectivity index (χ3v) is 1.82. The van der Waals surface area contributed by atoms with Crippen LogP contribution in [0.3, 0.4) is 0 Å². The second-order valence-electron chi connectivity index (χ2n) is 2.90. The van der Waals surface area contributed by atoms with E-state index in [4.69, 9.17) is 0 Å². The van der Waals surface area contributed by atoms with Crippen molar-refractivity contribution >= 4 is 0 Å². The molecule has 1 N–H and O–H groups in total. The SMILES string of the molecule is Cn1cnnc1CCNCCCF. The maximum atomic E-state index is 11.7. The second kappa shape index (κ2) is 5.64. The number of hydrogen-bond donors (Lipinski definition) is 1. The Morgan fingerprint density at radius 2 is 2.38 bits per heavy atom. The van der Waals surface area contributed by atoms with Crippen LogP contribution in [0.1, 0.15) is 12.2 Å². The van der Waals surface area contributed by atoms with Crippen molar-refractivity contribution in [3.8, 4) is 0 Å². The van der Waals surface area contributed by atoms with Gasteiger partial charge >= 0.3 is 0 Å². The van der Waals surface area contributed by atoms with Gasteiger partial charge in [-0.3, -0.25) is 4.39 Å². The third kappa shape index (κ3) is 3.50. The Morgan fingerprint density at radius 1 is 1.54 bits per heavy atom. The molecule has 0 saturated heterocycles. The summed E-state index contributed by atoms with van der Waals surface area (Å²) in [6, 6.07) is 0. The Labute approximate surface area is 77.2 Å². The summed E-state index contributed by atoms with van der Waals surface area (Å²) < 4.78 is 13.6. The van der Waals surface area contributed by atoms with E-state index in [1.54, 1.807) is 6.33 Å². The highest BCUT2D eigenvalue weighted by atomic mass is 19.1. The van der Waals surface area contributed by atoms with Crippen molar-refractivity contribution in [2.75, 3.05) is 19.8 Å². The first kappa shape index (κ1) is 10.1. The summed E-state index contributed by atoms with van der Waals surface area (Å²) >= 11 is 0. The van der Waals surface area contributed by atoms with Crippen molar-refractivity contribution in [1.29, 1.82) is 0 Å². The normalized spacial score (nSPS) is 10.6. The minimum Gasteiger partial charge on any atom is -0.321 e. The summed E-state index contributed by atoms with van der Waals surface area (Å²) in [6.45, 7) is 1.30. The van der Waals surface area contributed by atoms with Gasteiger partial charge in [-0.05, 0) is 13.0 Å². The van der Waals surface area contributed by atoms with E-state index < -0.39 is 0 Å². The molecule has 13 heavy (non-hydrogen) atoms. The lowest BCUT2D eigenvalue weighted by Crippen LogP contribution is -2.20. The molecule has 0 aliphatic carbocycles. The van der Waals surface area contributed by atoms with Crippen LogP contribution < -0.4 is 5.32 Å². The summed E-state index contributed by atoms with van der Waals surface area (Å²) in [6.07, 6.45) is 3.10. The molecule has 0 aromatic carbocycles. The van der Waals surface area contributed by atoms with Crippen LogP contribution in [0, 0.1) is 0 Å². The van der Waals surface area contributed by atoms with Crippen molar-refractivity contribution in [2.24, 2.45) is 7.05 Å². The summed E-state index contributed by atoms with van der Waals surface area (Å²) in [7, 11) is 1.91. The Bertz CT molecular complexity index is 236. The molecule has 74 valence electrons. The standard InChI is InChI=1S/C8H15FN4/c1-13-7-11-12-8(13)3-6-10-5-2-4-9/h7,10H,2-6H2,1H3. The highest BCUT2D eigenvalue weighted by Crippen LogP contribution is 1.91. The number of nitrogens with zero attached hydrogens (tertiary/aromatic N) is 3. The van der Waals surface area contributed by atoms with E-state index in [1.165, 1.54) is 0 Å². The minimum atomic E-state index is -0.253. The molecular formula is C8H15FN4. The van der Waals surface area contributed by atoms with Crippen molar-refractivity contribution in [1.82, 2.24) is 20.1 Å². The number of hydrogen-bond acceptors (Lipinski definition) is 3. The van der Waals surface area contributed by atoms with E-state index in [-0.39, 0.29) is 6.67 Å². The van der Waals surface area contributed by atoms with Crippen molar-refractivity contribution in [3.05, 3.63) is 12.2 Å². The number of rotatable bonds is 6. The van der Waals surface area contributed by atoms with E-state index in [9.17, 15) is 4.39 Å². The molecule has 0 atom stereocenters. The van der Waals surface area contributed by atoms with Crippen LogP contribution in [-0.4, -0.2) is 34.5 Å². The van der Waals surface area contributed by atoms with E-state index in [2.05, 4.69) is 15.5 Å². The van der Waals surface area contributed by atoms with Gasteiger partial charge < -0.3 is 9.88 Å². The number of alkyl halides is 1. The highest BCUT2D eigenvalue weighted by Gasteiger charge is 1.98. The van der Waals surface area contributed by atoms with Crippen LogP contribution in [0.25, 0.3) is 0 Å². The monoisotopic (exact) mass is 186 g/mol. The fraction of sp³-hybridized carbons (Fsp3) is 0.750. The Hall–Kier alpha value is -0.970. The van der Waals surface area contributed by atoms with Gasteiger partial charge in [-0.15, -0.1) is 10.2 Å². The van der Waals surface area contributed by atoms with Crippen LogP contribution >= 0.6 is 0 Å². The Kier molecular flexibility index (Phi) is 4.39. The number of aryl methyl sites for hydroxylation is 1. The molecule has 0 fully saturated rings. The summed E-state index contributed by atoms with van der Waals surface area (Å²) in [5, 5.41) is 10.8. The van der Waals surface area contributed by atoms with Gasteiger partial charge in [0, 0.05) is 20.0 Å². The average Bonchev–Trinajstić information content (AvgIpc) is 2.52. The van der Waals surface area contributed by atoms with E-state index in [0.29, 0.717) is 6.42 Å². The molecule has 0 bridgehead atoms. The molecule has 1 aromatic rings. The molecule has 0 spiro atoms. The molecule has 0 aliphatic heterocycles. The van der Waals surface area contributed by atoms with Gasteiger partial charge in [-0.1, -0.05) is 0 Å². The number of halogens is 1. The van der Waals surface area contributed by atoms with Gasteiger partial charge in [0.2, 0.25) is 0 Å². The zero-order chi connectivity index (χ0) is 9.52. The second-order valence-corrected chi connectivity index (χ2v) is 2.90. The fourth-order valence-electron chi connectivity index (χ4n) is 1.05. The van der Waals surface area contributed by atoms with E-state index in [1.807, 2.05) is 11.6 Å². The minimum absolute atomic E-state index is 0.253. The summed E-state index contributed by atoms with van der Waals surface area (Å²) in [5.74, 6) is 0.952. The molecule has 1 rings (SSSR count). The van der Waals surface area contributed by atoms with Crippen LogP contribution in [0.15, 0.2) is 6.33 Å². The number of aromatic nitrogens is 3. The zero-order valence-corrected chi connectivity index (χ0v) is 7.83. The summed E-state index contributed by atoms with van der Waals surface area (Å²) in [4.78, 5) is 0. The molecule has 0 unspecified atom stereocenters. The quantitative estimate of drug-likeness (QED) is 0.650. The van der Waals surface area contributed by atoms with Gasteiger partial charge in [-0.25, -0.2) is 0 Å². The maximum absolute atomic E-state index is 11.7. The van der Waals surface area contributed by atoms with Crippen LogP contribution in [0.2, 0.25) is 0 Å². The topological polar surface area (TPSA) is 42.7 Å². The smallest absolute Gasteiger partial charge is 0.133 e. The molecule has 5 heteroatoms. The molecule has 0 aliphatic rings. The largest absolute Gasteiger partial charge is 0.321 e. The fourth-order valence-corrected chi connectivity index (χ4v) is 1.05. The van der Waals surface area contributed by atoms with Crippen molar-refractivity contribution in [3.63, 3.8) is 0 Å². The van der Waals surface area contributed by atoms with Gasteiger partial charge in [0.05, 0.1) is 6.67 Å². The van der Waals surface area contributed by atoms with Gasteiger partial charge in [0.1, 0.15) is 12.2 Å². The molecule has 1 heterocycles. The predicted molar refractivity (Wildman–Crippen MR) is 48.2 cm³/mol. The maximum Gasteiger partial charge on any atom is 0.133 e. The molecule has 1 aromatic heterocycles. The first-order valence-electron chi connectivity index (χ1n) is 4.44. The van der Waals surface area contributed by atoms with Crippen LogP contribution in [0.4, 0.5) is 4.39 Å². The lowest BCUT2D eigenvalue weighted by molar-refractivity contribution is 0.459. The van der Waals surface area contributed by atoms with E-state index in [0.717, 1.165) is 25.3 Å². The lowest BCUT2D eigenvalue weighted by atomic mass is 10.4.